The highest BCUT2D eigenvalue weighted by Gasteiger charge is 2.16. The molecular formula is C15H20N4O2. The third-order valence-corrected chi connectivity index (χ3v) is 3.76. The van der Waals surface area contributed by atoms with E-state index in [0.29, 0.717) is 19.1 Å². The molecule has 0 aliphatic heterocycles. The molecule has 0 saturated heterocycles. The fourth-order valence-electron chi connectivity index (χ4n) is 2.65. The van der Waals surface area contributed by atoms with Crippen LogP contribution in [0.4, 0.5) is 4.79 Å². The highest BCUT2D eigenvalue weighted by Crippen LogP contribution is 2.18. The van der Waals surface area contributed by atoms with Gasteiger partial charge in [-0.2, -0.15) is 5.10 Å². The molecule has 21 heavy (non-hydrogen) atoms. The Kier molecular flexibility index (Phi) is 4.23. The monoisotopic (exact) mass is 288 g/mol. The SMILES string of the molecule is O=C(NCCn1cc(-c2ccco2)cn1)NC1CCCC1. The normalized spacial score (nSPS) is 15.2. The minimum atomic E-state index is -0.0830. The van der Waals surface area contributed by atoms with Gasteiger partial charge in [-0.3, -0.25) is 4.68 Å². The van der Waals surface area contributed by atoms with Crippen LogP contribution in [0.2, 0.25) is 0 Å². The lowest BCUT2D eigenvalue weighted by molar-refractivity contribution is 0.236. The van der Waals surface area contributed by atoms with Crippen molar-refractivity contribution in [1.29, 1.82) is 0 Å². The summed E-state index contributed by atoms with van der Waals surface area (Å²) in [5.74, 6) is 0.799. The summed E-state index contributed by atoms with van der Waals surface area (Å²) < 4.78 is 7.12. The van der Waals surface area contributed by atoms with Gasteiger partial charge in [-0.15, -0.1) is 0 Å². The van der Waals surface area contributed by atoms with Crippen LogP contribution in [0.15, 0.2) is 35.2 Å². The summed E-state index contributed by atoms with van der Waals surface area (Å²) in [7, 11) is 0. The van der Waals surface area contributed by atoms with Crippen molar-refractivity contribution < 1.29 is 9.21 Å². The van der Waals surface area contributed by atoms with E-state index in [9.17, 15) is 4.79 Å². The number of hydrogen-bond acceptors (Lipinski definition) is 3. The summed E-state index contributed by atoms with van der Waals surface area (Å²) >= 11 is 0. The smallest absolute Gasteiger partial charge is 0.315 e. The first-order chi connectivity index (χ1) is 10.3. The second kappa shape index (κ2) is 6.47. The van der Waals surface area contributed by atoms with Crippen molar-refractivity contribution in [3.8, 4) is 11.3 Å². The average molecular weight is 288 g/mol. The van der Waals surface area contributed by atoms with Crippen molar-refractivity contribution in [1.82, 2.24) is 20.4 Å². The largest absolute Gasteiger partial charge is 0.464 e. The molecule has 0 bridgehead atoms. The van der Waals surface area contributed by atoms with Gasteiger partial charge in [0.2, 0.25) is 0 Å². The number of aromatic nitrogens is 2. The van der Waals surface area contributed by atoms with Gasteiger partial charge in [-0.25, -0.2) is 4.79 Å². The van der Waals surface area contributed by atoms with E-state index in [0.717, 1.165) is 24.2 Å². The van der Waals surface area contributed by atoms with E-state index in [1.54, 1.807) is 17.1 Å². The van der Waals surface area contributed by atoms with E-state index in [2.05, 4.69) is 15.7 Å². The number of carbonyl (C=O) groups is 1. The fourth-order valence-corrected chi connectivity index (χ4v) is 2.65. The zero-order chi connectivity index (χ0) is 14.5. The first-order valence-corrected chi connectivity index (χ1v) is 7.42. The van der Waals surface area contributed by atoms with E-state index in [-0.39, 0.29) is 6.03 Å². The Morgan fingerprint density at radius 2 is 2.29 bits per heavy atom. The summed E-state index contributed by atoms with van der Waals surface area (Å²) in [6.07, 6.45) is 9.94. The lowest BCUT2D eigenvalue weighted by atomic mass is 10.2. The van der Waals surface area contributed by atoms with Crippen molar-refractivity contribution >= 4 is 6.03 Å². The third-order valence-electron chi connectivity index (χ3n) is 3.76. The van der Waals surface area contributed by atoms with Crippen molar-refractivity contribution in [2.24, 2.45) is 0 Å². The Morgan fingerprint density at radius 3 is 3.05 bits per heavy atom. The second-order valence-corrected chi connectivity index (χ2v) is 5.35. The van der Waals surface area contributed by atoms with Crippen molar-refractivity contribution in [2.45, 2.75) is 38.3 Å². The van der Waals surface area contributed by atoms with Crippen molar-refractivity contribution in [3.63, 3.8) is 0 Å². The van der Waals surface area contributed by atoms with Crippen LogP contribution in [0.1, 0.15) is 25.7 Å². The van der Waals surface area contributed by atoms with Crippen LogP contribution in [0.3, 0.4) is 0 Å². The Morgan fingerprint density at radius 1 is 1.43 bits per heavy atom. The maximum Gasteiger partial charge on any atom is 0.315 e. The summed E-state index contributed by atoms with van der Waals surface area (Å²) in [5.41, 5.74) is 0.940. The van der Waals surface area contributed by atoms with Crippen LogP contribution in [0, 0.1) is 0 Å². The molecular weight excluding hydrogens is 268 g/mol. The van der Waals surface area contributed by atoms with Crippen LogP contribution >= 0.6 is 0 Å². The first-order valence-electron chi connectivity index (χ1n) is 7.42. The summed E-state index contributed by atoms with van der Waals surface area (Å²) in [4.78, 5) is 11.7. The van der Waals surface area contributed by atoms with Gasteiger partial charge in [0.15, 0.2) is 0 Å². The van der Waals surface area contributed by atoms with Crippen molar-refractivity contribution in [3.05, 3.63) is 30.8 Å². The zero-order valence-corrected chi connectivity index (χ0v) is 11.9. The molecule has 1 fully saturated rings. The van der Waals surface area contributed by atoms with Gasteiger partial charge >= 0.3 is 6.03 Å². The molecule has 1 aliphatic carbocycles. The Labute approximate surface area is 123 Å². The summed E-state index contributed by atoms with van der Waals surface area (Å²) in [5, 5.41) is 10.1. The second-order valence-electron chi connectivity index (χ2n) is 5.35. The molecule has 3 rings (SSSR count). The quantitative estimate of drug-likeness (QED) is 0.887. The summed E-state index contributed by atoms with van der Waals surface area (Å²) in [6.45, 7) is 1.19. The molecule has 6 nitrogen and oxygen atoms in total. The standard InChI is InChI=1S/C15H20N4O2/c20-15(18-13-4-1-2-5-13)16-7-8-19-11-12(10-17-19)14-6-3-9-21-14/h3,6,9-11,13H,1-2,4-5,7-8H2,(H2,16,18,20). The number of furan rings is 1. The predicted octanol–water partition coefficient (Wildman–Crippen LogP) is 2.38. The molecule has 6 heteroatoms. The number of carbonyl (C=O) groups excluding carboxylic acids is 1. The Hall–Kier alpha value is -2.24. The number of amides is 2. The molecule has 2 aromatic heterocycles. The van der Waals surface area contributed by atoms with Crippen LogP contribution in [-0.2, 0) is 6.54 Å². The highest BCUT2D eigenvalue weighted by molar-refractivity contribution is 5.74. The maximum atomic E-state index is 11.7. The molecule has 2 amide bonds. The molecule has 2 heterocycles. The Bertz CT molecular complexity index is 570. The van der Waals surface area contributed by atoms with E-state index in [1.807, 2.05) is 18.3 Å². The number of nitrogens with zero attached hydrogens (tertiary/aromatic N) is 2. The minimum Gasteiger partial charge on any atom is -0.464 e. The van der Waals surface area contributed by atoms with Gasteiger partial charge in [0.05, 0.1) is 24.6 Å². The van der Waals surface area contributed by atoms with Gasteiger partial charge in [0.1, 0.15) is 5.76 Å². The van der Waals surface area contributed by atoms with Gasteiger partial charge in [-0.05, 0) is 25.0 Å². The lowest BCUT2D eigenvalue weighted by Crippen LogP contribution is -2.41. The number of urea groups is 1. The minimum absolute atomic E-state index is 0.0830. The molecule has 0 radical (unpaired) electrons. The molecule has 1 aliphatic rings. The van der Waals surface area contributed by atoms with E-state index < -0.39 is 0 Å². The number of nitrogens with one attached hydrogen (secondary N) is 2. The average Bonchev–Trinajstić information content (AvgIpc) is 3.21. The van der Waals surface area contributed by atoms with Gasteiger partial charge in [0, 0.05) is 18.8 Å². The maximum absolute atomic E-state index is 11.7. The van der Waals surface area contributed by atoms with E-state index >= 15 is 0 Å². The molecule has 1 saturated carbocycles. The van der Waals surface area contributed by atoms with Crippen LogP contribution < -0.4 is 10.6 Å². The third kappa shape index (κ3) is 3.65. The zero-order valence-electron chi connectivity index (χ0n) is 11.9. The first kappa shape index (κ1) is 13.7. The number of rotatable bonds is 5. The summed E-state index contributed by atoms with van der Waals surface area (Å²) in [6, 6.07) is 4.01. The highest BCUT2D eigenvalue weighted by atomic mass is 16.3. The van der Waals surface area contributed by atoms with Crippen LogP contribution in [0.25, 0.3) is 11.3 Å². The topological polar surface area (TPSA) is 72.1 Å². The molecule has 0 spiro atoms. The van der Waals surface area contributed by atoms with Gasteiger partial charge < -0.3 is 15.1 Å². The predicted molar refractivity (Wildman–Crippen MR) is 78.7 cm³/mol. The molecule has 2 N–H and O–H groups in total. The molecule has 0 unspecified atom stereocenters. The van der Waals surface area contributed by atoms with Gasteiger partial charge in [0.25, 0.3) is 0 Å². The molecule has 0 aromatic carbocycles. The molecule has 0 atom stereocenters. The molecule has 112 valence electrons. The lowest BCUT2D eigenvalue weighted by Gasteiger charge is -2.12. The Balaban J connectivity index is 1.42. The van der Waals surface area contributed by atoms with Gasteiger partial charge in [-0.1, -0.05) is 12.8 Å². The van der Waals surface area contributed by atoms with Crippen LogP contribution in [-0.4, -0.2) is 28.4 Å². The van der Waals surface area contributed by atoms with Crippen molar-refractivity contribution in [2.75, 3.05) is 6.54 Å². The van der Waals surface area contributed by atoms with E-state index in [4.69, 9.17) is 4.42 Å². The van der Waals surface area contributed by atoms with E-state index in [1.165, 1.54) is 12.8 Å². The fraction of sp³-hybridized carbons (Fsp3) is 0.467. The molecule has 2 aromatic rings. The number of hydrogen-bond donors (Lipinski definition) is 2. The van der Waals surface area contributed by atoms with Crippen LogP contribution in [0.5, 0.6) is 0 Å².